The second kappa shape index (κ2) is 6.39. The topological polar surface area (TPSA) is 3.88 Å². The molecule has 1 heterocycles. The van der Waals surface area contributed by atoms with E-state index in [1.54, 1.807) is 11.8 Å². The highest BCUT2D eigenvalue weighted by Gasteiger charge is 2.12. The number of nitrogens with zero attached hydrogens (tertiary/aromatic N) is 1. The molecule has 0 aliphatic carbocycles. The van der Waals surface area contributed by atoms with E-state index in [-0.39, 0.29) is 24.0 Å². The molecule has 3 rings (SSSR count). The van der Waals surface area contributed by atoms with Gasteiger partial charge in [-0.2, -0.15) is 4.57 Å². The third-order valence-electron chi connectivity index (χ3n) is 3.00. The number of hydrogen-bond acceptors (Lipinski definition) is 1. The van der Waals surface area contributed by atoms with Crippen LogP contribution in [0.3, 0.4) is 0 Å². The Morgan fingerprint density at radius 1 is 0.789 bits per heavy atom. The summed E-state index contributed by atoms with van der Waals surface area (Å²) >= 11 is 1.79. The van der Waals surface area contributed by atoms with Gasteiger partial charge in [0.15, 0.2) is 0 Å². The zero-order valence-electron chi connectivity index (χ0n) is 10.6. The van der Waals surface area contributed by atoms with Crippen LogP contribution in [0.25, 0.3) is 10.9 Å². The van der Waals surface area contributed by atoms with E-state index in [0.29, 0.717) is 0 Å². The largest absolute Gasteiger partial charge is 1.00 e. The second-order valence-corrected chi connectivity index (χ2v) is 5.30. The summed E-state index contributed by atoms with van der Waals surface area (Å²) in [5.74, 6) is 0. The number of para-hydroxylation sites is 1. The van der Waals surface area contributed by atoms with Crippen molar-refractivity contribution in [3.8, 4) is 0 Å². The number of benzene rings is 2. The number of pyridine rings is 1. The molecule has 0 unspecified atom stereocenters. The zero-order chi connectivity index (χ0) is 12.4. The van der Waals surface area contributed by atoms with Gasteiger partial charge in [0.05, 0.1) is 0 Å². The molecule has 3 heteroatoms. The van der Waals surface area contributed by atoms with E-state index in [0.717, 1.165) is 0 Å². The van der Waals surface area contributed by atoms with E-state index in [1.807, 2.05) is 6.07 Å². The monoisotopic (exact) mass is 379 g/mol. The summed E-state index contributed by atoms with van der Waals surface area (Å²) in [4.78, 5) is 1.27. The summed E-state index contributed by atoms with van der Waals surface area (Å²) in [6.45, 7) is 0. The highest BCUT2D eigenvalue weighted by molar-refractivity contribution is 7.99. The minimum Gasteiger partial charge on any atom is -1.00 e. The van der Waals surface area contributed by atoms with Crippen molar-refractivity contribution in [3.05, 3.63) is 66.7 Å². The van der Waals surface area contributed by atoms with Crippen LogP contribution in [0.15, 0.2) is 76.7 Å². The smallest absolute Gasteiger partial charge is 0.245 e. The molecular formula is C16H14INS. The van der Waals surface area contributed by atoms with Gasteiger partial charge in [-0.3, -0.25) is 0 Å². The summed E-state index contributed by atoms with van der Waals surface area (Å²) in [5.41, 5.74) is 1.26. The van der Waals surface area contributed by atoms with Gasteiger partial charge in [-0.15, -0.1) is 0 Å². The minimum atomic E-state index is 0. The van der Waals surface area contributed by atoms with Crippen molar-refractivity contribution in [1.29, 1.82) is 0 Å². The Labute approximate surface area is 134 Å². The number of halogens is 1. The van der Waals surface area contributed by atoms with E-state index in [2.05, 4.69) is 72.3 Å². The van der Waals surface area contributed by atoms with Gasteiger partial charge in [-0.1, -0.05) is 30.3 Å². The third kappa shape index (κ3) is 3.09. The summed E-state index contributed by atoms with van der Waals surface area (Å²) in [6, 6.07) is 23.3. The summed E-state index contributed by atoms with van der Waals surface area (Å²) in [6.07, 6.45) is 0. The Morgan fingerprint density at radius 3 is 2.26 bits per heavy atom. The van der Waals surface area contributed by atoms with Crippen molar-refractivity contribution < 1.29 is 28.5 Å². The predicted molar refractivity (Wildman–Crippen MR) is 75.7 cm³/mol. The van der Waals surface area contributed by atoms with Gasteiger partial charge in [-0.25, -0.2) is 0 Å². The maximum atomic E-state index is 2.24. The van der Waals surface area contributed by atoms with Crippen LogP contribution in [0.2, 0.25) is 0 Å². The van der Waals surface area contributed by atoms with E-state index in [1.165, 1.54) is 20.8 Å². The predicted octanol–water partition coefficient (Wildman–Crippen LogP) is 0.819. The highest BCUT2D eigenvalue weighted by atomic mass is 127. The standard InChI is InChI=1S/C16H14NS.HI/c1-17-15-10-6-5-7-13(15)11-12-16(17)18-14-8-3-2-4-9-14;/h2-12H,1H3;1H/q+1;/p-1. The fourth-order valence-electron chi connectivity index (χ4n) is 2.04. The Bertz CT molecular complexity index is 683. The van der Waals surface area contributed by atoms with Crippen molar-refractivity contribution in [3.63, 3.8) is 0 Å². The number of aromatic nitrogens is 1. The van der Waals surface area contributed by atoms with Crippen molar-refractivity contribution in [2.24, 2.45) is 7.05 Å². The molecule has 0 atom stereocenters. The molecular weight excluding hydrogens is 365 g/mol. The summed E-state index contributed by atoms with van der Waals surface area (Å²) < 4.78 is 2.24. The first-order valence-corrected chi connectivity index (χ1v) is 6.77. The van der Waals surface area contributed by atoms with Crippen LogP contribution in [0, 0.1) is 0 Å². The zero-order valence-corrected chi connectivity index (χ0v) is 13.6. The normalized spacial score (nSPS) is 10.2. The van der Waals surface area contributed by atoms with E-state index in [9.17, 15) is 0 Å². The number of aryl methyl sites for hydroxylation is 1. The van der Waals surface area contributed by atoms with E-state index in [4.69, 9.17) is 0 Å². The van der Waals surface area contributed by atoms with Gasteiger partial charge >= 0.3 is 0 Å². The van der Waals surface area contributed by atoms with Crippen LogP contribution in [0.1, 0.15) is 0 Å². The Balaban J connectivity index is 0.00000133. The van der Waals surface area contributed by atoms with Gasteiger partial charge in [0.1, 0.15) is 7.05 Å². The van der Waals surface area contributed by atoms with Crippen LogP contribution in [0.4, 0.5) is 0 Å². The van der Waals surface area contributed by atoms with Crippen molar-refractivity contribution in [1.82, 2.24) is 0 Å². The maximum absolute atomic E-state index is 2.24. The molecule has 0 saturated heterocycles. The first-order valence-electron chi connectivity index (χ1n) is 5.95. The molecule has 2 aromatic carbocycles. The maximum Gasteiger partial charge on any atom is 0.245 e. The number of rotatable bonds is 2. The van der Waals surface area contributed by atoms with Gasteiger partial charge in [0.2, 0.25) is 10.5 Å². The quantitative estimate of drug-likeness (QED) is 0.471. The van der Waals surface area contributed by atoms with E-state index >= 15 is 0 Å². The molecule has 0 fully saturated rings. The first-order chi connectivity index (χ1) is 8.84. The summed E-state index contributed by atoms with van der Waals surface area (Å²) in [7, 11) is 2.12. The molecule has 0 spiro atoms. The van der Waals surface area contributed by atoms with Crippen LogP contribution >= 0.6 is 11.8 Å². The fourth-order valence-corrected chi connectivity index (χ4v) is 2.94. The lowest BCUT2D eigenvalue weighted by Crippen LogP contribution is -3.00. The highest BCUT2D eigenvalue weighted by Crippen LogP contribution is 2.25. The van der Waals surface area contributed by atoms with Crippen molar-refractivity contribution in [2.45, 2.75) is 9.92 Å². The SMILES string of the molecule is C[n+]1c(Sc2ccccc2)ccc2ccccc21.[I-]. The van der Waals surface area contributed by atoms with Gasteiger partial charge in [-0.05, 0) is 36.0 Å². The van der Waals surface area contributed by atoms with Crippen LogP contribution < -0.4 is 28.5 Å². The first kappa shape index (κ1) is 14.3. The van der Waals surface area contributed by atoms with Crippen LogP contribution in [0.5, 0.6) is 0 Å². The fraction of sp³-hybridized carbons (Fsp3) is 0.0625. The Hall–Kier alpha value is -1.07. The molecule has 0 aliphatic heterocycles. The molecule has 0 bridgehead atoms. The molecule has 19 heavy (non-hydrogen) atoms. The van der Waals surface area contributed by atoms with Crippen LogP contribution in [-0.4, -0.2) is 0 Å². The number of fused-ring (bicyclic) bond motifs is 1. The Morgan fingerprint density at radius 2 is 1.47 bits per heavy atom. The average Bonchev–Trinajstić information content (AvgIpc) is 2.43. The molecule has 96 valence electrons. The second-order valence-electron chi connectivity index (χ2n) is 4.20. The molecule has 0 radical (unpaired) electrons. The van der Waals surface area contributed by atoms with E-state index < -0.39 is 0 Å². The molecule has 0 N–H and O–H groups in total. The molecule has 3 aromatic rings. The lowest BCUT2D eigenvalue weighted by molar-refractivity contribution is -0.683. The van der Waals surface area contributed by atoms with Gasteiger partial charge in [0.25, 0.3) is 0 Å². The summed E-state index contributed by atoms with van der Waals surface area (Å²) in [5, 5.41) is 2.53. The molecule has 0 saturated carbocycles. The molecule has 1 aromatic heterocycles. The molecule has 0 amide bonds. The number of hydrogen-bond donors (Lipinski definition) is 0. The van der Waals surface area contributed by atoms with Gasteiger partial charge < -0.3 is 24.0 Å². The minimum absolute atomic E-state index is 0. The van der Waals surface area contributed by atoms with Gasteiger partial charge in [0, 0.05) is 22.4 Å². The Kier molecular flexibility index (Phi) is 4.82. The lowest BCUT2D eigenvalue weighted by Gasteiger charge is -2.02. The van der Waals surface area contributed by atoms with Crippen molar-refractivity contribution in [2.75, 3.05) is 0 Å². The molecule has 1 nitrogen and oxygen atoms in total. The molecule has 0 aliphatic rings. The lowest BCUT2D eigenvalue weighted by atomic mass is 10.2. The van der Waals surface area contributed by atoms with Crippen LogP contribution in [-0.2, 0) is 7.05 Å². The van der Waals surface area contributed by atoms with Crippen molar-refractivity contribution >= 4 is 22.7 Å². The average molecular weight is 379 g/mol. The third-order valence-corrected chi connectivity index (χ3v) is 4.13.